The van der Waals surface area contributed by atoms with Crippen LogP contribution in [0.1, 0.15) is 30.0 Å². The zero-order valence-electron chi connectivity index (χ0n) is 17.5. The smallest absolute Gasteiger partial charge is 0.229 e. The molecular formula is C22H22ClN5O3S. The van der Waals surface area contributed by atoms with Crippen LogP contribution in [0.25, 0.3) is 11.2 Å². The van der Waals surface area contributed by atoms with Gasteiger partial charge in [-0.2, -0.15) is 0 Å². The minimum Gasteiger partial charge on any atom is -0.389 e. The van der Waals surface area contributed by atoms with Crippen molar-refractivity contribution < 1.29 is 15.0 Å². The number of hydrogen-bond donors (Lipinski definition) is 4. The van der Waals surface area contributed by atoms with Gasteiger partial charge in [0.1, 0.15) is 17.3 Å². The molecule has 0 aliphatic heterocycles. The monoisotopic (exact) mass is 471 g/mol. The Bertz CT molecular complexity index is 1280. The molecule has 0 bridgehead atoms. The second-order valence-electron chi connectivity index (χ2n) is 8.12. The van der Waals surface area contributed by atoms with E-state index in [9.17, 15) is 15.0 Å². The number of hydrogen-bond acceptors (Lipinski definition) is 7. The summed E-state index contributed by atoms with van der Waals surface area (Å²) in [6.45, 7) is 2.67. The summed E-state index contributed by atoms with van der Waals surface area (Å²) in [5, 5.41) is 27.5. The van der Waals surface area contributed by atoms with Gasteiger partial charge < -0.3 is 25.4 Å². The highest BCUT2D eigenvalue weighted by molar-refractivity contribution is 7.16. The van der Waals surface area contributed by atoms with E-state index in [1.165, 1.54) is 11.3 Å². The van der Waals surface area contributed by atoms with Gasteiger partial charge >= 0.3 is 0 Å². The number of carbonyl (C=O) groups is 1. The molecule has 3 aromatic heterocycles. The molecule has 2 aliphatic rings. The lowest BCUT2D eigenvalue weighted by molar-refractivity contribution is -0.132. The highest BCUT2D eigenvalue weighted by atomic mass is 35.5. The van der Waals surface area contributed by atoms with Crippen LogP contribution < -0.4 is 10.6 Å². The summed E-state index contributed by atoms with van der Waals surface area (Å²) in [6, 6.07) is 4.99. The molecule has 2 aliphatic carbocycles. The first-order valence-electron chi connectivity index (χ1n) is 10.4. The van der Waals surface area contributed by atoms with Gasteiger partial charge in [0.15, 0.2) is 5.65 Å². The maximum absolute atomic E-state index is 12.5. The number of aliphatic hydroxyl groups excluding tert-OH is 2. The van der Waals surface area contributed by atoms with E-state index in [2.05, 4.69) is 27.5 Å². The van der Waals surface area contributed by atoms with Crippen molar-refractivity contribution in [3.05, 3.63) is 39.4 Å². The summed E-state index contributed by atoms with van der Waals surface area (Å²) < 4.78 is 2.45. The summed E-state index contributed by atoms with van der Waals surface area (Å²) >= 11 is 7.39. The average molecular weight is 472 g/mol. The molecule has 5 rings (SSSR count). The van der Waals surface area contributed by atoms with Crippen molar-refractivity contribution in [3.63, 3.8) is 0 Å². The van der Waals surface area contributed by atoms with Gasteiger partial charge in [0, 0.05) is 19.5 Å². The quantitative estimate of drug-likeness (QED) is 0.433. The minimum absolute atomic E-state index is 0.197. The molecular weight excluding hydrogens is 450 g/mol. The highest BCUT2D eigenvalue weighted by Gasteiger charge is 2.75. The first-order chi connectivity index (χ1) is 15.4. The molecule has 10 heteroatoms. The SMILES string of the molecule is CCNc1cc(C#Cc2ccc(Cl)s2)nc2c1ncn2[C@@H]1C2C[C@@]2(C(=O)NC)[C@@H](O)[C@H]1O. The molecule has 2 saturated carbocycles. The largest absolute Gasteiger partial charge is 0.389 e. The summed E-state index contributed by atoms with van der Waals surface area (Å²) in [5.41, 5.74) is 1.56. The number of amides is 1. The number of aliphatic hydroxyl groups is 2. The molecule has 3 heterocycles. The number of imidazole rings is 1. The molecule has 0 spiro atoms. The molecule has 0 aromatic carbocycles. The van der Waals surface area contributed by atoms with E-state index in [1.807, 2.05) is 19.1 Å². The summed E-state index contributed by atoms with van der Waals surface area (Å²) in [7, 11) is 1.54. The minimum atomic E-state index is -1.14. The Kier molecular flexibility index (Phi) is 5.13. The van der Waals surface area contributed by atoms with Crippen LogP contribution in [0.3, 0.4) is 0 Å². The molecule has 166 valence electrons. The molecule has 0 saturated heterocycles. The van der Waals surface area contributed by atoms with Crippen LogP contribution >= 0.6 is 22.9 Å². The average Bonchev–Trinajstić information content (AvgIpc) is 3.03. The summed E-state index contributed by atoms with van der Waals surface area (Å²) in [4.78, 5) is 22.5. The van der Waals surface area contributed by atoms with Crippen LogP contribution in [-0.4, -0.2) is 56.5 Å². The zero-order valence-corrected chi connectivity index (χ0v) is 19.0. The van der Waals surface area contributed by atoms with Crippen molar-refractivity contribution in [1.82, 2.24) is 19.9 Å². The van der Waals surface area contributed by atoms with Crippen molar-refractivity contribution in [3.8, 4) is 11.8 Å². The Hall–Kier alpha value is -2.64. The molecule has 0 radical (unpaired) electrons. The van der Waals surface area contributed by atoms with E-state index in [1.54, 1.807) is 24.0 Å². The number of nitrogens with one attached hydrogen (secondary N) is 2. The van der Waals surface area contributed by atoms with Crippen molar-refractivity contribution in [2.45, 2.75) is 31.6 Å². The molecule has 4 N–H and O–H groups in total. The van der Waals surface area contributed by atoms with Gasteiger partial charge in [-0.25, -0.2) is 9.97 Å². The van der Waals surface area contributed by atoms with Gasteiger partial charge in [-0.1, -0.05) is 11.6 Å². The number of fused-ring (bicyclic) bond motifs is 2. The molecule has 3 aromatic rings. The van der Waals surface area contributed by atoms with Gasteiger partial charge in [0.25, 0.3) is 0 Å². The molecule has 5 atom stereocenters. The molecule has 8 nitrogen and oxygen atoms in total. The zero-order chi connectivity index (χ0) is 22.6. The normalized spacial score (nSPS) is 28.2. The Morgan fingerprint density at radius 2 is 2.22 bits per heavy atom. The highest BCUT2D eigenvalue weighted by Crippen LogP contribution is 2.67. The number of carbonyl (C=O) groups excluding carboxylic acids is 1. The van der Waals surface area contributed by atoms with E-state index in [4.69, 9.17) is 16.6 Å². The van der Waals surface area contributed by atoms with Gasteiger partial charge in [0.2, 0.25) is 5.91 Å². The maximum Gasteiger partial charge on any atom is 0.229 e. The fourth-order valence-corrected chi connectivity index (χ4v) is 5.80. The van der Waals surface area contributed by atoms with E-state index < -0.39 is 23.7 Å². The lowest BCUT2D eigenvalue weighted by Gasteiger charge is -2.23. The molecule has 32 heavy (non-hydrogen) atoms. The number of halogens is 1. The number of thiophene rings is 1. The van der Waals surface area contributed by atoms with Crippen LogP contribution in [0, 0.1) is 23.2 Å². The van der Waals surface area contributed by atoms with Crippen molar-refractivity contribution >= 4 is 45.7 Å². The van der Waals surface area contributed by atoms with Crippen molar-refractivity contribution in [2.24, 2.45) is 11.3 Å². The van der Waals surface area contributed by atoms with E-state index in [0.717, 1.165) is 10.6 Å². The van der Waals surface area contributed by atoms with Crippen molar-refractivity contribution in [1.29, 1.82) is 0 Å². The molecule has 2 fully saturated rings. The fraction of sp³-hybridized carbons (Fsp3) is 0.409. The Morgan fingerprint density at radius 1 is 1.41 bits per heavy atom. The Morgan fingerprint density at radius 3 is 2.91 bits per heavy atom. The second-order valence-corrected chi connectivity index (χ2v) is 9.83. The fourth-order valence-electron chi connectivity index (χ4n) is 4.91. The Balaban J connectivity index is 1.59. The lowest BCUT2D eigenvalue weighted by atomic mass is 9.98. The van der Waals surface area contributed by atoms with Gasteiger partial charge in [-0.3, -0.25) is 4.79 Å². The number of pyridine rings is 1. The maximum atomic E-state index is 12.5. The third-order valence-corrected chi connectivity index (χ3v) is 7.57. The third-order valence-electron chi connectivity index (χ3n) is 6.43. The van der Waals surface area contributed by atoms with Crippen LogP contribution in [0.4, 0.5) is 5.69 Å². The predicted molar refractivity (Wildman–Crippen MR) is 123 cm³/mol. The number of rotatable bonds is 4. The predicted octanol–water partition coefficient (Wildman–Crippen LogP) is 2.01. The number of nitrogens with zero attached hydrogens (tertiary/aromatic N) is 3. The van der Waals surface area contributed by atoms with E-state index >= 15 is 0 Å². The molecule has 1 unspecified atom stereocenters. The first-order valence-corrected chi connectivity index (χ1v) is 11.6. The summed E-state index contributed by atoms with van der Waals surface area (Å²) in [5.74, 6) is 5.72. The summed E-state index contributed by atoms with van der Waals surface area (Å²) in [6.07, 6.45) is -0.118. The van der Waals surface area contributed by atoms with Crippen LogP contribution in [0.2, 0.25) is 4.34 Å². The number of aromatic nitrogens is 3. The van der Waals surface area contributed by atoms with Crippen LogP contribution in [-0.2, 0) is 4.79 Å². The van der Waals surface area contributed by atoms with Gasteiger partial charge in [-0.15, -0.1) is 11.3 Å². The standard InChI is InChI=1S/C22H22ClN5O3S/c1-3-25-14-8-11(4-5-12-6-7-15(23)32-12)27-20-16(14)26-10-28(20)17-13-9-22(13,21(31)24-2)19(30)18(17)29/h6-8,10,13,17-19,29-30H,3,9H2,1-2H3,(H,24,31)(H,25,27)/t13?,17-,18+,19+,22+/m1/s1. The second kappa shape index (κ2) is 7.74. The van der Waals surface area contributed by atoms with Gasteiger partial charge in [-0.05, 0) is 43.4 Å². The molecule has 1 amide bonds. The van der Waals surface area contributed by atoms with E-state index in [-0.39, 0.29) is 11.8 Å². The van der Waals surface area contributed by atoms with Crippen LogP contribution in [0.15, 0.2) is 24.5 Å². The topological polar surface area (TPSA) is 112 Å². The first kappa shape index (κ1) is 21.2. The third kappa shape index (κ3) is 3.10. The lowest BCUT2D eigenvalue weighted by Crippen LogP contribution is -2.41. The van der Waals surface area contributed by atoms with Gasteiger partial charge in [0.05, 0.1) is 38.8 Å². The van der Waals surface area contributed by atoms with Crippen molar-refractivity contribution in [2.75, 3.05) is 18.9 Å². The van der Waals surface area contributed by atoms with E-state index in [0.29, 0.717) is 34.2 Å². The number of anilines is 1. The Labute approximate surface area is 193 Å². The van der Waals surface area contributed by atoms with Crippen LogP contribution in [0.5, 0.6) is 0 Å².